The number of hydrogen-bond donors (Lipinski definition) is 2. The molecule has 2 aromatic heterocycles. The number of hydrogen-bond acceptors (Lipinski definition) is 6. The number of nitrogens with zero attached hydrogens (tertiary/aromatic N) is 5. The van der Waals surface area contributed by atoms with Gasteiger partial charge < -0.3 is 4.74 Å². The SMILES string of the molecule is COc1ccccc1-c1nc(NC(=O)c2ccc(Cn3cncn3)cc2)n[nH]1. The minimum atomic E-state index is -0.294. The van der Waals surface area contributed by atoms with Crippen LogP contribution in [0.4, 0.5) is 5.95 Å². The predicted octanol–water partition coefficient (Wildman–Crippen LogP) is 2.37. The van der Waals surface area contributed by atoms with E-state index in [0.717, 1.165) is 11.1 Å². The van der Waals surface area contributed by atoms with Gasteiger partial charge in [0.25, 0.3) is 5.91 Å². The van der Waals surface area contributed by atoms with Crippen LogP contribution < -0.4 is 10.1 Å². The van der Waals surface area contributed by atoms with Crippen LogP contribution in [0.5, 0.6) is 5.75 Å². The van der Waals surface area contributed by atoms with Crippen molar-refractivity contribution in [1.29, 1.82) is 0 Å². The zero-order valence-corrected chi connectivity index (χ0v) is 15.0. The van der Waals surface area contributed by atoms with E-state index in [2.05, 4.69) is 30.6 Å². The third kappa shape index (κ3) is 3.73. The first-order chi connectivity index (χ1) is 13.7. The average molecular weight is 375 g/mol. The summed E-state index contributed by atoms with van der Waals surface area (Å²) >= 11 is 0. The number of carbonyl (C=O) groups excluding carboxylic acids is 1. The standard InChI is InChI=1S/C19H17N7O2/c1-28-16-5-3-2-4-15(16)17-22-19(25-24-17)23-18(27)14-8-6-13(7-9-14)10-26-12-20-11-21-26/h2-9,11-12H,10H2,1H3,(H2,22,23,24,25,27). The minimum Gasteiger partial charge on any atom is -0.496 e. The van der Waals surface area contributed by atoms with Gasteiger partial charge in [-0.15, -0.1) is 5.10 Å². The molecule has 0 saturated heterocycles. The van der Waals surface area contributed by atoms with E-state index in [1.807, 2.05) is 36.4 Å². The van der Waals surface area contributed by atoms with E-state index < -0.39 is 0 Å². The predicted molar refractivity (Wildman–Crippen MR) is 102 cm³/mol. The molecule has 2 aromatic carbocycles. The highest BCUT2D eigenvalue weighted by Gasteiger charge is 2.13. The molecule has 0 aliphatic heterocycles. The van der Waals surface area contributed by atoms with Gasteiger partial charge in [-0.2, -0.15) is 10.1 Å². The summed E-state index contributed by atoms with van der Waals surface area (Å²) in [5, 5.41) is 13.6. The first kappa shape index (κ1) is 17.4. The fourth-order valence-corrected chi connectivity index (χ4v) is 2.72. The molecule has 9 nitrogen and oxygen atoms in total. The lowest BCUT2D eigenvalue weighted by Gasteiger charge is -2.05. The van der Waals surface area contributed by atoms with Gasteiger partial charge in [0.15, 0.2) is 5.82 Å². The van der Waals surface area contributed by atoms with Gasteiger partial charge >= 0.3 is 0 Å². The van der Waals surface area contributed by atoms with Gasteiger partial charge in [0, 0.05) is 5.56 Å². The van der Waals surface area contributed by atoms with Gasteiger partial charge in [-0.3, -0.25) is 15.2 Å². The number of nitrogens with one attached hydrogen (secondary N) is 2. The number of aromatic amines is 1. The quantitative estimate of drug-likeness (QED) is 0.535. The maximum Gasteiger partial charge on any atom is 0.258 e. The van der Waals surface area contributed by atoms with E-state index in [-0.39, 0.29) is 11.9 Å². The molecule has 9 heteroatoms. The Morgan fingerprint density at radius 3 is 2.75 bits per heavy atom. The highest BCUT2D eigenvalue weighted by Crippen LogP contribution is 2.27. The summed E-state index contributed by atoms with van der Waals surface area (Å²) in [6.07, 6.45) is 3.13. The molecule has 1 amide bonds. The average Bonchev–Trinajstić information content (AvgIpc) is 3.40. The molecule has 4 aromatic rings. The van der Waals surface area contributed by atoms with Gasteiger partial charge in [-0.05, 0) is 29.8 Å². The number of aromatic nitrogens is 6. The van der Waals surface area contributed by atoms with Crippen molar-refractivity contribution in [2.45, 2.75) is 6.54 Å². The van der Waals surface area contributed by atoms with Crippen LogP contribution in [-0.4, -0.2) is 43.0 Å². The maximum atomic E-state index is 12.5. The Labute approximate surface area is 160 Å². The molecular formula is C19H17N7O2. The molecule has 0 radical (unpaired) electrons. The number of rotatable bonds is 6. The van der Waals surface area contributed by atoms with Gasteiger partial charge in [-0.1, -0.05) is 24.3 Å². The van der Waals surface area contributed by atoms with E-state index in [1.54, 1.807) is 30.3 Å². The molecule has 0 spiro atoms. The lowest BCUT2D eigenvalue weighted by Crippen LogP contribution is -2.13. The molecule has 2 N–H and O–H groups in total. The topological polar surface area (TPSA) is 111 Å². The smallest absolute Gasteiger partial charge is 0.258 e. The normalized spacial score (nSPS) is 10.6. The second kappa shape index (κ2) is 7.70. The maximum absolute atomic E-state index is 12.5. The van der Waals surface area contributed by atoms with Crippen molar-refractivity contribution in [2.24, 2.45) is 0 Å². The number of amides is 1. The molecule has 0 atom stereocenters. The first-order valence-corrected chi connectivity index (χ1v) is 8.51. The Morgan fingerprint density at radius 2 is 2.00 bits per heavy atom. The summed E-state index contributed by atoms with van der Waals surface area (Å²) in [5.41, 5.74) is 2.28. The van der Waals surface area contributed by atoms with Crippen LogP contribution in [0.2, 0.25) is 0 Å². The highest BCUT2D eigenvalue weighted by molar-refractivity contribution is 6.03. The summed E-state index contributed by atoms with van der Waals surface area (Å²) in [6, 6.07) is 14.7. The number of ether oxygens (including phenoxy) is 1. The Bertz CT molecular complexity index is 1070. The van der Waals surface area contributed by atoms with E-state index in [0.29, 0.717) is 23.7 Å². The van der Waals surface area contributed by atoms with Crippen LogP contribution >= 0.6 is 0 Å². The number of anilines is 1. The van der Waals surface area contributed by atoms with Crippen LogP contribution in [0, 0.1) is 0 Å². The third-order valence-corrected chi connectivity index (χ3v) is 4.10. The van der Waals surface area contributed by atoms with Gasteiger partial charge in [-0.25, -0.2) is 9.67 Å². The number of H-pyrrole nitrogens is 1. The molecule has 28 heavy (non-hydrogen) atoms. The number of para-hydroxylation sites is 1. The van der Waals surface area contributed by atoms with Crippen molar-refractivity contribution < 1.29 is 9.53 Å². The van der Waals surface area contributed by atoms with Crippen molar-refractivity contribution in [1.82, 2.24) is 29.9 Å². The molecule has 140 valence electrons. The van der Waals surface area contributed by atoms with Gasteiger partial charge in [0.2, 0.25) is 5.95 Å². The summed E-state index contributed by atoms with van der Waals surface area (Å²) in [4.78, 5) is 20.7. The van der Waals surface area contributed by atoms with Crippen molar-refractivity contribution in [2.75, 3.05) is 12.4 Å². The van der Waals surface area contributed by atoms with Crippen LogP contribution in [-0.2, 0) is 6.54 Å². The van der Waals surface area contributed by atoms with Crippen molar-refractivity contribution >= 4 is 11.9 Å². The molecule has 0 saturated carbocycles. The van der Waals surface area contributed by atoms with Crippen LogP contribution in [0.1, 0.15) is 15.9 Å². The second-order valence-electron chi connectivity index (χ2n) is 5.95. The molecule has 0 aliphatic rings. The Balaban J connectivity index is 1.44. The zero-order valence-electron chi connectivity index (χ0n) is 15.0. The van der Waals surface area contributed by atoms with Crippen LogP contribution in [0.3, 0.4) is 0 Å². The summed E-state index contributed by atoms with van der Waals surface area (Å²) in [6.45, 7) is 0.588. The Kier molecular flexibility index (Phi) is 4.79. The van der Waals surface area contributed by atoms with E-state index in [9.17, 15) is 4.79 Å². The van der Waals surface area contributed by atoms with Gasteiger partial charge in [0.05, 0.1) is 19.2 Å². The molecule has 0 aliphatic carbocycles. The van der Waals surface area contributed by atoms with E-state index in [1.165, 1.54) is 6.33 Å². The Hall–Kier alpha value is -4.01. The first-order valence-electron chi connectivity index (χ1n) is 8.51. The lowest BCUT2D eigenvalue weighted by atomic mass is 10.1. The lowest BCUT2D eigenvalue weighted by molar-refractivity contribution is 0.102. The van der Waals surface area contributed by atoms with Crippen LogP contribution in [0.15, 0.2) is 61.2 Å². The third-order valence-electron chi connectivity index (χ3n) is 4.10. The summed E-state index contributed by atoms with van der Waals surface area (Å²) < 4.78 is 7.03. The van der Waals surface area contributed by atoms with Crippen LogP contribution in [0.25, 0.3) is 11.4 Å². The minimum absolute atomic E-state index is 0.192. The summed E-state index contributed by atoms with van der Waals surface area (Å²) in [5.74, 6) is 1.07. The number of methoxy groups -OCH3 is 1. The monoisotopic (exact) mass is 375 g/mol. The van der Waals surface area contributed by atoms with Crippen molar-refractivity contribution in [3.63, 3.8) is 0 Å². The number of benzene rings is 2. The second-order valence-corrected chi connectivity index (χ2v) is 5.95. The van der Waals surface area contributed by atoms with Crippen molar-refractivity contribution in [3.8, 4) is 17.1 Å². The molecule has 0 fully saturated rings. The fourth-order valence-electron chi connectivity index (χ4n) is 2.72. The number of carbonyl (C=O) groups is 1. The Morgan fingerprint density at radius 1 is 1.18 bits per heavy atom. The largest absolute Gasteiger partial charge is 0.496 e. The van der Waals surface area contributed by atoms with Crippen molar-refractivity contribution in [3.05, 3.63) is 72.3 Å². The molecule has 2 heterocycles. The highest BCUT2D eigenvalue weighted by atomic mass is 16.5. The summed E-state index contributed by atoms with van der Waals surface area (Å²) in [7, 11) is 1.59. The molecular weight excluding hydrogens is 358 g/mol. The molecule has 4 rings (SSSR count). The zero-order chi connectivity index (χ0) is 19.3. The fraction of sp³-hybridized carbons (Fsp3) is 0.105. The van der Waals surface area contributed by atoms with Gasteiger partial charge in [0.1, 0.15) is 18.4 Å². The molecule has 0 bridgehead atoms. The molecule has 0 unspecified atom stereocenters. The van der Waals surface area contributed by atoms with E-state index >= 15 is 0 Å². The van der Waals surface area contributed by atoms with E-state index in [4.69, 9.17) is 4.74 Å².